The van der Waals surface area contributed by atoms with Crippen LogP contribution < -0.4 is 10.5 Å². The van der Waals surface area contributed by atoms with Crippen molar-refractivity contribution in [2.45, 2.75) is 32.4 Å². The predicted octanol–water partition coefficient (Wildman–Crippen LogP) is 5.16. The van der Waals surface area contributed by atoms with Crippen LogP contribution in [0.2, 0.25) is 10.0 Å². The molecule has 2 aromatic carbocycles. The first-order valence-corrected chi connectivity index (χ1v) is 7.71. The summed E-state index contributed by atoms with van der Waals surface area (Å²) in [5.74, 6) is 0.630. The molecule has 4 heteroatoms. The number of halogens is 2. The number of hydrogen-bond donors (Lipinski definition) is 1. The topological polar surface area (TPSA) is 35.2 Å². The second-order valence-electron chi connectivity index (χ2n) is 5.07. The second kappa shape index (κ2) is 7.17. The highest BCUT2D eigenvalue weighted by molar-refractivity contribution is 6.32. The Labute approximate surface area is 135 Å². The maximum atomic E-state index is 6.29. The molecule has 2 nitrogen and oxygen atoms in total. The Morgan fingerprint density at radius 2 is 1.81 bits per heavy atom. The predicted molar refractivity (Wildman–Crippen MR) is 89.3 cm³/mol. The molecule has 0 saturated carbocycles. The summed E-state index contributed by atoms with van der Waals surface area (Å²) < 4.78 is 6.10. The fraction of sp³-hybridized carbons (Fsp3) is 0.294. The maximum absolute atomic E-state index is 6.29. The third-order valence-corrected chi connectivity index (χ3v) is 4.07. The van der Waals surface area contributed by atoms with Crippen molar-refractivity contribution in [3.05, 3.63) is 63.6 Å². The van der Waals surface area contributed by atoms with Crippen molar-refractivity contribution < 1.29 is 4.74 Å². The van der Waals surface area contributed by atoms with E-state index in [9.17, 15) is 0 Å². The zero-order valence-corrected chi connectivity index (χ0v) is 13.7. The fourth-order valence-electron chi connectivity index (χ4n) is 2.14. The average Bonchev–Trinajstić information content (AvgIpc) is 2.48. The van der Waals surface area contributed by atoms with Crippen molar-refractivity contribution in [1.29, 1.82) is 0 Å². The Bertz CT molecular complexity index is 615. The zero-order chi connectivity index (χ0) is 15.4. The standard InChI is InChI=1S/C17H19Cl2NO/c1-3-15(20)17(12-6-4-5-7-13(12)18)21-16-10-11(2)8-9-14(16)19/h4-10,15,17H,3,20H2,1-2H3. The van der Waals surface area contributed by atoms with E-state index in [0.717, 1.165) is 17.5 Å². The van der Waals surface area contributed by atoms with Gasteiger partial charge in [0.2, 0.25) is 0 Å². The molecule has 2 aromatic rings. The number of aryl methyl sites for hydroxylation is 1. The van der Waals surface area contributed by atoms with Gasteiger partial charge in [-0.15, -0.1) is 0 Å². The van der Waals surface area contributed by atoms with Gasteiger partial charge in [-0.25, -0.2) is 0 Å². The van der Waals surface area contributed by atoms with E-state index in [4.69, 9.17) is 33.7 Å². The van der Waals surface area contributed by atoms with E-state index in [-0.39, 0.29) is 12.1 Å². The molecule has 2 atom stereocenters. The molecular formula is C17H19Cl2NO. The van der Waals surface area contributed by atoms with Crippen molar-refractivity contribution >= 4 is 23.2 Å². The summed E-state index contributed by atoms with van der Waals surface area (Å²) in [6, 6.07) is 13.1. The maximum Gasteiger partial charge on any atom is 0.140 e. The molecule has 0 aliphatic carbocycles. The van der Waals surface area contributed by atoms with Crippen LogP contribution in [0, 0.1) is 6.92 Å². The molecule has 0 spiro atoms. The molecule has 2 unspecified atom stereocenters. The van der Waals surface area contributed by atoms with Gasteiger partial charge >= 0.3 is 0 Å². The lowest BCUT2D eigenvalue weighted by Crippen LogP contribution is -2.31. The molecule has 0 aliphatic rings. The van der Waals surface area contributed by atoms with Gasteiger partial charge < -0.3 is 10.5 Å². The van der Waals surface area contributed by atoms with E-state index in [1.807, 2.05) is 56.3 Å². The molecule has 0 heterocycles. The molecule has 2 N–H and O–H groups in total. The van der Waals surface area contributed by atoms with Crippen LogP contribution in [0.15, 0.2) is 42.5 Å². The number of benzene rings is 2. The number of hydrogen-bond acceptors (Lipinski definition) is 2. The van der Waals surface area contributed by atoms with Crippen molar-refractivity contribution in [3.8, 4) is 5.75 Å². The van der Waals surface area contributed by atoms with Crippen LogP contribution in [0.1, 0.15) is 30.6 Å². The molecule has 21 heavy (non-hydrogen) atoms. The van der Waals surface area contributed by atoms with E-state index in [0.29, 0.717) is 15.8 Å². The van der Waals surface area contributed by atoms with Crippen molar-refractivity contribution in [1.82, 2.24) is 0 Å². The van der Waals surface area contributed by atoms with Gasteiger partial charge in [0.15, 0.2) is 0 Å². The van der Waals surface area contributed by atoms with Gasteiger partial charge in [-0.1, -0.05) is 54.4 Å². The molecule has 0 aromatic heterocycles. The normalized spacial score (nSPS) is 13.8. The van der Waals surface area contributed by atoms with Crippen LogP contribution in [-0.2, 0) is 0 Å². The first kappa shape index (κ1) is 16.2. The SMILES string of the molecule is CCC(N)C(Oc1cc(C)ccc1Cl)c1ccccc1Cl. The third-order valence-electron chi connectivity index (χ3n) is 3.41. The third kappa shape index (κ3) is 3.91. The number of nitrogens with two attached hydrogens (primary N) is 1. The summed E-state index contributed by atoms with van der Waals surface area (Å²) >= 11 is 12.5. The summed E-state index contributed by atoms with van der Waals surface area (Å²) in [5.41, 5.74) is 8.19. The highest BCUT2D eigenvalue weighted by Crippen LogP contribution is 2.34. The van der Waals surface area contributed by atoms with Gasteiger partial charge in [0.05, 0.1) is 5.02 Å². The minimum Gasteiger partial charge on any atom is -0.482 e. The first-order chi connectivity index (χ1) is 10.0. The molecule has 0 saturated heterocycles. The Morgan fingerprint density at radius 3 is 2.48 bits per heavy atom. The largest absolute Gasteiger partial charge is 0.482 e. The van der Waals surface area contributed by atoms with Crippen LogP contribution >= 0.6 is 23.2 Å². The molecule has 0 fully saturated rings. The van der Waals surface area contributed by atoms with Crippen LogP contribution in [0.4, 0.5) is 0 Å². The van der Waals surface area contributed by atoms with E-state index in [1.54, 1.807) is 0 Å². The fourth-order valence-corrected chi connectivity index (χ4v) is 2.54. The second-order valence-corrected chi connectivity index (χ2v) is 5.88. The lowest BCUT2D eigenvalue weighted by Gasteiger charge is -2.26. The molecule has 0 amide bonds. The van der Waals surface area contributed by atoms with Crippen LogP contribution in [0.3, 0.4) is 0 Å². The highest BCUT2D eigenvalue weighted by Gasteiger charge is 2.23. The quantitative estimate of drug-likeness (QED) is 0.824. The van der Waals surface area contributed by atoms with Gasteiger partial charge in [-0.2, -0.15) is 0 Å². The Balaban J connectivity index is 2.38. The Kier molecular flexibility index (Phi) is 5.51. The van der Waals surface area contributed by atoms with Gasteiger partial charge in [-0.3, -0.25) is 0 Å². The average molecular weight is 324 g/mol. The highest BCUT2D eigenvalue weighted by atomic mass is 35.5. The van der Waals surface area contributed by atoms with E-state index in [2.05, 4.69) is 0 Å². The molecular weight excluding hydrogens is 305 g/mol. The van der Waals surface area contributed by atoms with Crippen molar-refractivity contribution in [2.75, 3.05) is 0 Å². The molecule has 0 aliphatic heterocycles. The summed E-state index contributed by atoms with van der Waals surface area (Å²) in [5, 5.41) is 1.22. The van der Waals surface area contributed by atoms with E-state index >= 15 is 0 Å². The van der Waals surface area contributed by atoms with Crippen molar-refractivity contribution in [2.24, 2.45) is 5.73 Å². The first-order valence-electron chi connectivity index (χ1n) is 6.95. The van der Waals surface area contributed by atoms with Crippen molar-refractivity contribution in [3.63, 3.8) is 0 Å². The minimum atomic E-state index is -0.331. The lowest BCUT2D eigenvalue weighted by atomic mass is 10.0. The smallest absolute Gasteiger partial charge is 0.140 e. The van der Waals surface area contributed by atoms with Gasteiger partial charge in [-0.05, 0) is 37.1 Å². The molecule has 112 valence electrons. The molecule has 2 rings (SSSR count). The number of rotatable bonds is 5. The van der Waals surface area contributed by atoms with Crippen LogP contribution in [0.25, 0.3) is 0 Å². The zero-order valence-electron chi connectivity index (χ0n) is 12.1. The monoisotopic (exact) mass is 323 g/mol. The molecule has 0 bridgehead atoms. The summed E-state index contributed by atoms with van der Waals surface area (Å²) in [6.45, 7) is 4.02. The minimum absolute atomic E-state index is 0.165. The Morgan fingerprint density at radius 1 is 1.10 bits per heavy atom. The summed E-state index contributed by atoms with van der Waals surface area (Å²) in [6.07, 6.45) is 0.447. The van der Waals surface area contributed by atoms with Gasteiger partial charge in [0.25, 0.3) is 0 Å². The Hall–Kier alpha value is -1.22. The van der Waals surface area contributed by atoms with E-state index < -0.39 is 0 Å². The summed E-state index contributed by atoms with van der Waals surface area (Å²) in [4.78, 5) is 0. The van der Waals surface area contributed by atoms with Gasteiger partial charge in [0, 0.05) is 16.6 Å². The lowest BCUT2D eigenvalue weighted by molar-refractivity contribution is 0.171. The number of ether oxygens (including phenoxy) is 1. The van der Waals surface area contributed by atoms with Gasteiger partial charge in [0.1, 0.15) is 11.9 Å². The molecule has 0 radical (unpaired) electrons. The van der Waals surface area contributed by atoms with Crippen LogP contribution in [0.5, 0.6) is 5.75 Å². The van der Waals surface area contributed by atoms with E-state index in [1.165, 1.54) is 0 Å². The van der Waals surface area contributed by atoms with Crippen LogP contribution in [-0.4, -0.2) is 6.04 Å². The summed E-state index contributed by atoms with van der Waals surface area (Å²) in [7, 11) is 0.